The molecule has 0 heterocycles. The van der Waals surface area contributed by atoms with E-state index in [1.54, 1.807) is 19.7 Å². The van der Waals surface area contributed by atoms with Crippen molar-refractivity contribution in [2.45, 2.75) is 97.5 Å². The number of hydroxylamine groups is 2. The summed E-state index contributed by atoms with van der Waals surface area (Å²) < 4.78 is 0. The Balaban J connectivity index is 1.42. The van der Waals surface area contributed by atoms with Crippen molar-refractivity contribution in [2.24, 2.45) is 40.4 Å². The Morgan fingerprint density at radius 3 is 2.74 bits per heavy atom. The van der Waals surface area contributed by atoms with Gasteiger partial charge < -0.3 is 5.11 Å². The first-order valence-electron chi connectivity index (χ1n) is 12.9. The standard InChI is InChI=1S/C27H45NO3/c1-18(7-6-8-25(30)28(4)31-5)22-11-12-23-21-10-9-19-17-20(29)13-15-26(19,2)24(21)14-16-27(22,23)3/h9,18,20-24,29H,6-8,10-17H2,1-5H3/t18-,20+,21+,22-,23+,24+,26+,27-/m1/s1. The Morgan fingerprint density at radius 1 is 1.23 bits per heavy atom. The summed E-state index contributed by atoms with van der Waals surface area (Å²) in [4.78, 5) is 17.1. The maximum Gasteiger partial charge on any atom is 0.245 e. The monoisotopic (exact) mass is 431 g/mol. The van der Waals surface area contributed by atoms with E-state index in [1.165, 1.54) is 43.6 Å². The van der Waals surface area contributed by atoms with Crippen LogP contribution in [0.15, 0.2) is 11.6 Å². The number of fused-ring (bicyclic) bond motifs is 5. The zero-order valence-corrected chi connectivity index (χ0v) is 20.5. The molecule has 4 aliphatic carbocycles. The van der Waals surface area contributed by atoms with E-state index in [1.807, 2.05) is 0 Å². The molecule has 0 radical (unpaired) electrons. The minimum atomic E-state index is -0.114. The van der Waals surface area contributed by atoms with Crippen LogP contribution >= 0.6 is 0 Å². The first-order chi connectivity index (χ1) is 14.7. The van der Waals surface area contributed by atoms with Crippen molar-refractivity contribution in [3.63, 3.8) is 0 Å². The van der Waals surface area contributed by atoms with E-state index < -0.39 is 0 Å². The lowest BCUT2D eigenvalue weighted by Gasteiger charge is -2.58. The SMILES string of the molecule is CON(C)C(=O)CCC[C@@H](C)[C@H]1CC[C@H]2[C@@H]3CC=C4C[C@@H](O)CC[C@]4(C)[C@H]3CC[C@]12C. The van der Waals surface area contributed by atoms with Crippen LogP contribution in [-0.4, -0.2) is 36.3 Å². The lowest BCUT2D eigenvalue weighted by atomic mass is 9.47. The van der Waals surface area contributed by atoms with Gasteiger partial charge in [-0.25, -0.2) is 5.06 Å². The number of aliphatic hydroxyl groups is 1. The van der Waals surface area contributed by atoms with Gasteiger partial charge in [0.25, 0.3) is 0 Å². The van der Waals surface area contributed by atoms with Crippen molar-refractivity contribution in [3.05, 3.63) is 11.6 Å². The molecule has 0 saturated heterocycles. The highest BCUT2D eigenvalue weighted by molar-refractivity contribution is 5.74. The number of rotatable bonds is 6. The van der Waals surface area contributed by atoms with Gasteiger partial charge >= 0.3 is 0 Å². The molecule has 3 saturated carbocycles. The van der Waals surface area contributed by atoms with Crippen molar-refractivity contribution >= 4 is 5.91 Å². The second kappa shape index (κ2) is 8.82. The number of amides is 1. The molecule has 4 aliphatic rings. The summed E-state index contributed by atoms with van der Waals surface area (Å²) in [6, 6.07) is 0. The molecule has 0 unspecified atom stereocenters. The van der Waals surface area contributed by atoms with Gasteiger partial charge in [0.2, 0.25) is 5.91 Å². The average molecular weight is 432 g/mol. The highest BCUT2D eigenvalue weighted by Crippen LogP contribution is 2.67. The van der Waals surface area contributed by atoms with E-state index in [0.717, 1.165) is 49.4 Å². The van der Waals surface area contributed by atoms with Crippen LogP contribution in [0.25, 0.3) is 0 Å². The highest BCUT2D eigenvalue weighted by atomic mass is 16.7. The molecule has 0 bridgehead atoms. The van der Waals surface area contributed by atoms with Gasteiger partial charge in [0.05, 0.1) is 13.2 Å². The summed E-state index contributed by atoms with van der Waals surface area (Å²) in [5.74, 6) is 4.05. The molecule has 0 aromatic heterocycles. The third-order valence-corrected chi connectivity index (χ3v) is 10.5. The molecule has 4 rings (SSSR count). The molecule has 0 aromatic carbocycles. The topological polar surface area (TPSA) is 49.8 Å². The fourth-order valence-electron chi connectivity index (χ4n) is 8.65. The molecule has 3 fully saturated rings. The largest absolute Gasteiger partial charge is 0.393 e. The molecule has 1 amide bonds. The molecule has 4 heteroatoms. The first-order valence-corrected chi connectivity index (χ1v) is 12.9. The van der Waals surface area contributed by atoms with Crippen LogP contribution in [0, 0.1) is 40.4 Å². The van der Waals surface area contributed by atoms with Gasteiger partial charge in [0, 0.05) is 13.5 Å². The van der Waals surface area contributed by atoms with Crippen molar-refractivity contribution in [1.82, 2.24) is 5.06 Å². The van der Waals surface area contributed by atoms with Gasteiger partial charge in [-0.3, -0.25) is 9.63 Å². The minimum Gasteiger partial charge on any atom is -0.393 e. The maximum absolute atomic E-state index is 12.1. The van der Waals surface area contributed by atoms with Crippen LogP contribution in [0.5, 0.6) is 0 Å². The summed E-state index contributed by atoms with van der Waals surface area (Å²) in [5.41, 5.74) is 2.37. The molecule has 0 aliphatic heterocycles. The fourth-order valence-corrected chi connectivity index (χ4v) is 8.65. The number of nitrogens with zero attached hydrogens (tertiary/aromatic N) is 1. The van der Waals surface area contributed by atoms with Gasteiger partial charge in [-0.2, -0.15) is 0 Å². The van der Waals surface area contributed by atoms with E-state index in [4.69, 9.17) is 4.84 Å². The Bertz CT molecular complexity index is 705. The van der Waals surface area contributed by atoms with E-state index in [-0.39, 0.29) is 12.0 Å². The number of hydrogen-bond acceptors (Lipinski definition) is 3. The lowest BCUT2D eigenvalue weighted by Crippen LogP contribution is -2.50. The van der Waals surface area contributed by atoms with Crippen molar-refractivity contribution in [3.8, 4) is 0 Å². The molecule has 8 atom stereocenters. The Kier molecular flexibility index (Phi) is 6.63. The third kappa shape index (κ3) is 4.01. The molecule has 0 spiro atoms. The minimum absolute atomic E-state index is 0.0846. The second-order valence-corrected chi connectivity index (χ2v) is 11.8. The smallest absolute Gasteiger partial charge is 0.245 e. The van der Waals surface area contributed by atoms with Gasteiger partial charge in [-0.15, -0.1) is 0 Å². The van der Waals surface area contributed by atoms with Crippen molar-refractivity contribution < 1.29 is 14.7 Å². The maximum atomic E-state index is 12.1. The highest BCUT2D eigenvalue weighted by Gasteiger charge is 2.59. The molecular formula is C27H45NO3. The Hall–Kier alpha value is -0.870. The van der Waals surface area contributed by atoms with E-state index in [9.17, 15) is 9.90 Å². The van der Waals surface area contributed by atoms with Crippen LogP contribution in [0.1, 0.15) is 91.4 Å². The van der Waals surface area contributed by atoms with Gasteiger partial charge in [-0.05, 0) is 105 Å². The Labute approximate surface area is 189 Å². The molecule has 31 heavy (non-hydrogen) atoms. The molecule has 0 aromatic rings. The Morgan fingerprint density at radius 2 is 2.00 bits per heavy atom. The van der Waals surface area contributed by atoms with Crippen LogP contribution in [0.3, 0.4) is 0 Å². The summed E-state index contributed by atoms with van der Waals surface area (Å²) >= 11 is 0. The zero-order valence-electron chi connectivity index (χ0n) is 20.5. The van der Waals surface area contributed by atoms with E-state index in [0.29, 0.717) is 23.2 Å². The zero-order chi connectivity index (χ0) is 22.4. The van der Waals surface area contributed by atoms with E-state index in [2.05, 4.69) is 26.8 Å². The van der Waals surface area contributed by atoms with Gasteiger partial charge in [0.15, 0.2) is 0 Å². The number of carbonyl (C=O) groups is 1. The molecule has 1 N–H and O–H groups in total. The van der Waals surface area contributed by atoms with Crippen molar-refractivity contribution in [2.75, 3.05) is 14.2 Å². The first kappa shape index (κ1) is 23.3. The van der Waals surface area contributed by atoms with Crippen LogP contribution in [-0.2, 0) is 9.63 Å². The number of aliphatic hydroxyl groups excluding tert-OH is 1. The van der Waals surface area contributed by atoms with Crippen LogP contribution < -0.4 is 0 Å². The molecular weight excluding hydrogens is 386 g/mol. The van der Waals surface area contributed by atoms with E-state index >= 15 is 0 Å². The molecule has 176 valence electrons. The second-order valence-electron chi connectivity index (χ2n) is 11.8. The van der Waals surface area contributed by atoms with Crippen molar-refractivity contribution in [1.29, 1.82) is 0 Å². The summed E-state index contributed by atoms with van der Waals surface area (Å²) in [6.45, 7) is 7.57. The summed E-state index contributed by atoms with van der Waals surface area (Å²) in [5, 5.41) is 11.6. The predicted octanol–water partition coefficient (Wildman–Crippen LogP) is 5.75. The normalized spacial score (nSPS) is 42.8. The summed E-state index contributed by atoms with van der Waals surface area (Å²) in [7, 11) is 3.25. The quantitative estimate of drug-likeness (QED) is 0.430. The number of allylic oxidation sites excluding steroid dienone is 1. The van der Waals surface area contributed by atoms with Gasteiger partial charge in [-0.1, -0.05) is 32.4 Å². The number of hydrogen-bond donors (Lipinski definition) is 1. The van der Waals surface area contributed by atoms with Gasteiger partial charge in [0.1, 0.15) is 0 Å². The fraction of sp³-hybridized carbons (Fsp3) is 0.889. The molecule has 4 nitrogen and oxygen atoms in total. The summed E-state index contributed by atoms with van der Waals surface area (Å²) in [6.07, 6.45) is 14.9. The average Bonchev–Trinajstić information content (AvgIpc) is 3.10. The predicted molar refractivity (Wildman–Crippen MR) is 124 cm³/mol. The third-order valence-electron chi connectivity index (χ3n) is 10.5. The van der Waals surface area contributed by atoms with Crippen LogP contribution in [0.2, 0.25) is 0 Å². The van der Waals surface area contributed by atoms with Crippen LogP contribution in [0.4, 0.5) is 0 Å². The lowest BCUT2D eigenvalue weighted by molar-refractivity contribution is -0.168. The number of carbonyl (C=O) groups excluding carboxylic acids is 1.